The highest BCUT2D eigenvalue weighted by Gasteiger charge is 2.13. The summed E-state index contributed by atoms with van der Waals surface area (Å²) in [5.41, 5.74) is 7.86. The predicted molar refractivity (Wildman–Crippen MR) is 147 cm³/mol. The van der Waals surface area contributed by atoms with E-state index in [1.54, 1.807) is 12.1 Å². The molecule has 184 valence electrons. The lowest BCUT2D eigenvalue weighted by Gasteiger charge is -2.21. The van der Waals surface area contributed by atoms with Crippen molar-refractivity contribution in [3.63, 3.8) is 0 Å². The second-order valence-corrected chi connectivity index (χ2v) is 10.3. The van der Waals surface area contributed by atoms with E-state index in [1.807, 2.05) is 6.92 Å². The van der Waals surface area contributed by atoms with Gasteiger partial charge in [0.2, 0.25) is 0 Å². The minimum atomic E-state index is -0.262. The Balaban J connectivity index is 0.000000514. The van der Waals surface area contributed by atoms with Gasteiger partial charge in [-0.15, -0.1) is 0 Å². The molecule has 33 heavy (non-hydrogen) atoms. The molecule has 1 aliphatic carbocycles. The van der Waals surface area contributed by atoms with Gasteiger partial charge in [-0.1, -0.05) is 102 Å². The van der Waals surface area contributed by atoms with Gasteiger partial charge in [-0.3, -0.25) is 0 Å². The van der Waals surface area contributed by atoms with Crippen molar-refractivity contribution < 1.29 is 4.39 Å². The van der Waals surface area contributed by atoms with Crippen LogP contribution in [0.15, 0.2) is 78.1 Å². The number of allylic oxidation sites excluding steroid dienone is 6. The Bertz CT molecular complexity index is 834. The van der Waals surface area contributed by atoms with Crippen LogP contribution in [-0.2, 0) is 0 Å². The van der Waals surface area contributed by atoms with Crippen LogP contribution in [0.2, 0.25) is 0 Å². The molecule has 0 spiro atoms. The molecule has 1 N–H and O–H groups in total. The topological polar surface area (TPSA) is 12.0 Å². The third-order valence-corrected chi connectivity index (χ3v) is 5.38. The van der Waals surface area contributed by atoms with Gasteiger partial charge in [-0.25, -0.2) is 4.39 Å². The maximum atomic E-state index is 12.8. The summed E-state index contributed by atoms with van der Waals surface area (Å²) in [7, 11) is 0. The molecule has 0 atom stereocenters. The Morgan fingerprint density at radius 1 is 0.970 bits per heavy atom. The second-order valence-electron chi connectivity index (χ2n) is 10.3. The summed E-state index contributed by atoms with van der Waals surface area (Å²) >= 11 is 0. The molecule has 1 fully saturated rings. The molecule has 0 aromatic heterocycles. The van der Waals surface area contributed by atoms with E-state index in [0.29, 0.717) is 11.1 Å². The molecule has 0 bridgehead atoms. The first-order valence-corrected chi connectivity index (χ1v) is 12.1. The van der Waals surface area contributed by atoms with Crippen LogP contribution in [0.3, 0.4) is 0 Å². The summed E-state index contributed by atoms with van der Waals surface area (Å²) in [6.07, 6.45) is 10.8. The molecule has 2 rings (SSSR count). The fourth-order valence-corrected chi connectivity index (χ4v) is 3.83. The van der Waals surface area contributed by atoms with Crippen LogP contribution in [0.4, 0.5) is 4.39 Å². The lowest BCUT2D eigenvalue weighted by molar-refractivity contribution is 0.408. The van der Waals surface area contributed by atoms with Crippen molar-refractivity contribution in [1.29, 1.82) is 0 Å². The van der Waals surface area contributed by atoms with Gasteiger partial charge in [0.1, 0.15) is 5.82 Å². The smallest absolute Gasteiger partial charge is 0.123 e. The summed E-state index contributed by atoms with van der Waals surface area (Å²) in [4.78, 5) is 0. The SMILES string of the molecule is C1CCCC1.C=C(C)C(=C/C)/C(C)=C(/C)CC(C)(C)C.C=C(C)NC(=C)c1cccc(F)c1. The Labute approximate surface area is 204 Å². The number of rotatable bonds is 6. The average molecular weight is 454 g/mol. The van der Waals surface area contributed by atoms with Crippen LogP contribution in [0.25, 0.3) is 5.70 Å². The van der Waals surface area contributed by atoms with Gasteiger partial charge in [-0.05, 0) is 69.7 Å². The molecule has 0 saturated heterocycles. The highest BCUT2D eigenvalue weighted by molar-refractivity contribution is 5.62. The summed E-state index contributed by atoms with van der Waals surface area (Å²) in [5, 5.41) is 2.93. The van der Waals surface area contributed by atoms with Gasteiger partial charge in [0, 0.05) is 17.0 Å². The molecule has 0 unspecified atom stereocenters. The van der Waals surface area contributed by atoms with E-state index in [1.165, 1.54) is 61.0 Å². The quantitative estimate of drug-likeness (QED) is 0.422. The van der Waals surface area contributed by atoms with E-state index in [2.05, 4.69) is 79.6 Å². The van der Waals surface area contributed by atoms with E-state index in [0.717, 1.165) is 23.3 Å². The Hall–Kier alpha value is -2.35. The van der Waals surface area contributed by atoms with Crippen molar-refractivity contribution >= 4 is 5.70 Å². The monoisotopic (exact) mass is 453 g/mol. The highest BCUT2D eigenvalue weighted by atomic mass is 19.1. The predicted octanol–water partition coefficient (Wildman–Crippen LogP) is 10.2. The molecule has 1 saturated carbocycles. The van der Waals surface area contributed by atoms with Crippen LogP contribution >= 0.6 is 0 Å². The third-order valence-electron chi connectivity index (χ3n) is 5.38. The zero-order valence-corrected chi connectivity index (χ0v) is 22.6. The molecular weight excluding hydrogens is 405 g/mol. The molecule has 0 amide bonds. The van der Waals surface area contributed by atoms with E-state index in [9.17, 15) is 4.39 Å². The number of halogens is 1. The van der Waals surface area contributed by atoms with Crippen LogP contribution in [0, 0.1) is 11.2 Å². The van der Waals surface area contributed by atoms with Gasteiger partial charge < -0.3 is 5.32 Å². The number of hydrogen-bond acceptors (Lipinski definition) is 1. The summed E-state index contributed by atoms with van der Waals surface area (Å²) in [6, 6.07) is 6.27. The fraction of sp³-hybridized carbons (Fsp3) is 0.484. The van der Waals surface area contributed by atoms with Gasteiger partial charge in [0.15, 0.2) is 0 Å². The minimum Gasteiger partial charge on any atom is -0.360 e. The molecule has 1 nitrogen and oxygen atoms in total. The molecule has 1 aromatic carbocycles. The molecule has 2 heteroatoms. The lowest BCUT2D eigenvalue weighted by atomic mass is 9.85. The highest BCUT2D eigenvalue weighted by Crippen LogP contribution is 2.29. The summed E-state index contributed by atoms with van der Waals surface area (Å²) in [5.74, 6) is -0.262. The van der Waals surface area contributed by atoms with Crippen molar-refractivity contribution in [1.82, 2.24) is 5.32 Å². The van der Waals surface area contributed by atoms with E-state index < -0.39 is 0 Å². The van der Waals surface area contributed by atoms with Crippen LogP contribution in [0.1, 0.15) is 99.5 Å². The maximum absolute atomic E-state index is 12.8. The number of hydrogen-bond donors (Lipinski definition) is 1. The first-order valence-electron chi connectivity index (χ1n) is 12.1. The molecule has 1 aliphatic rings. The van der Waals surface area contributed by atoms with E-state index in [-0.39, 0.29) is 5.82 Å². The number of benzene rings is 1. The van der Waals surface area contributed by atoms with Crippen molar-refractivity contribution in [2.45, 2.75) is 93.9 Å². The van der Waals surface area contributed by atoms with Crippen LogP contribution < -0.4 is 5.32 Å². The Morgan fingerprint density at radius 2 is 1.48 bits per heavy atom. The Kier molecular flexibility index (Phi) is 14.4. The first-order chi connectivity index (χ1) is 15.3. The molecule has 1 aromatic rings. The molecule has 0 heterocycles. The largest absolute Gasteiger partial charge is 0.360 e. The fourth-order valence-electron chi connectivity index (χ4n) is 3.83. The van der Waals surface area contributed by atoms with Gasteiger partial charge >= 0.3 is 0 Å². The zero-order valence-electron chi connectivity index (χ0n) is 22.6. The lowest BCUT2D eigenvalue weighted by Crippen LogP contribution is -2.07. The first kappa shape index (κ1) is 30.7. The second kappa shape index (κ2) is 15.5. The van der Waals surface area contributed by atoms with Crippen molar-refractivity contribution in [2.24, 2.45) is 5.41 Å². The summed E-state index contributed by atoms with van der Waals surface area (Å²) in [6.45, 7) is 28.7. The maximum Gasteiger partial charge on any atom is 0.123 e. The third kappa shape index (κ3) is 14.4. The Morgan fingerprint density at radius 3 is 1.85 bits per heavy atom. The van der Waals surface area contributed by atoms with Crippen molar-refractivity contribution in [3.05, 3.63) is 89.4 Å². The van der Waals surface area contributed by atoms with Gasteiger partial charge in [-0.2, -0.15) is 0 Å². The van der Waals surface area contributed by atoms with Crippen LogP contribution in [-0.4, -0.2) is 0 Å². The van der Waals surface area contributed by atoms with Crippen molar-refractivity contribution in [2.75, 3.05) is 0 Å². The molecule has 0 aliphatic heterocycles. The van der Waals surface area contributed by atoms with Gasteiger partial charge in [0.05, 0.1) is 0 Å². The summed E-state index contributed by atoms with van der Waals surface area (Å²) < 4.78 is 12.8. The van der Waals surface area contributed by atoms with Crippen LogP contribution in [0.5, 0.6) is 0 Å². The van der Waals surface area contributed by atoms with E-state index >= 15 is 0 Å². The van der Waals surface area contributed by atoms with Crippen molar-refractivity contribution in [3.8, 4) is 0 Å². The minimum absolute atomic E-state index is 0.262. The molecular formula is C31H48FN. The normalized spacial score (nSPS) is 14.2. The zero-order chi connectivity index (χ0) is 25.6. The van der Waals surface area contributed by atoms with E-state index in [4.69, 9.17) is 0 Å². The standard InChI is InChI=1S/C15H26.C11H12FN.C5H10/c1-9-14(11(2)3)13(5)12(4)10-15(6,7)8;1-8(2)13-9(3)10-5-4-6-11(12)7-10;1-2-4-5-3-1/h9H,2,10H2,1,3-8H3;4-7,13H,1,3H2,2H3;1-5H2/b13-12-,14-9-;;. The van der Waals surface area contributed by atoms with Gasteiger partial charge in [0.25, 0.3) is 0 Å². The number of nitrogens with one attached hydrogen (secondary N) is 1. The molecule has 0 radical (unpaired) electrons. The average Bonchev–Trinajstić information content (AvgIpc) is 3.27.